The van der Waals surface area contributed by atoms with Gasteiger partial charge in [-0.1, -0.05) is 12.1 Å². The van der Waals surface area contributed by atoms with Gasteiger partial charge in [0.2, 0.25) is 5.89 Å². The van der Waals surface area contributed by atoms with Gasteiger partial charge < -0.3 is 9.52 Å². The van der Waals surface area contributed by atoms with Crippen molar-refractivity contribution in [2.45, 2.75) is 0 Å². The highest BCUT2D eigenvalue weighted by Gasteiger charge is 2.12. The van der Waals surface area contributed by atoms with Gasteiger partial charge in [-0.25, -0.2) is 4.79 Å². The first-order valence-electron chi connectivity index (χ1n) is 5.45. The van der Waals surface area contributed by atoms with Crippen LogP contribution in [-0.4, -0.2) is 21.3 Å². The van der Waals surface area contributed by atoms with Gasteiger partial charge in [0.05, 0.1) is 10.4 Å². The lowest BCUT2D eigenvalue weighted by molar-refractivity contribution is 0.0697. The summed E-state index contributed by atoms with van der Waals surface area (Å²) < 4.78 is 5.54. The van der Waals surface area contributed by atoms with E-state index in [4.69, 9.17) is 9.52 Å². The van der Waals surface area contributed by atoms with Gasteiger partial charge in [0.1, 0.15) is 0 Å². The molecule has 2 aromatic heterocycles. The van der Waals surface area contributed by atoms with Crippen LogP contribution in [0.5, 0.6) is 0 Å². The standard InChI is InChI=1S/C13H8N2O3S/c16-13(17)9-4-1-3-8(7-9)11-14-15-12(18-11)10-5-2-6-19-10/h1-7H,(H,16,17). The second-order valence-electron chi connectivity index (χ2n) is 3.78. The fraction of sp³-hybridized carbons (Fsp3) is 0. The van der Waals surface area contributed by atoms with E-state index in [2.05, 4.69) is 10.2 Å². The molecule has 3 aromatic rings. The highest BCUT2D eigenvalue weighted by Crippen LogP contribution is 2.27. The zero-order chi connectivity index (χ0) is 13.2. The monoisotopic (exact) mass is 272 g/mol. The fourth-order valence-electron chi connectivity index (χ4n) is 1.62. The van der Waals surface area contributed by atoms with Crippen molar-refractivity contribution in [2.24, 2.45) is 0 Å². The maximum Gasteiger partial charge on any atom is 0.335 e. The molecule has 0 fully saturated rings. The molecule has 0 saturated heterocycles. The van der Waals surface area contributed by atoms with Crippen molar-refractivity contribution in [3.8, 4) is 22.2 Å². The van der Waals surface area contributed by atoms with Crippen molar-refractivity contribution < 1.29 is 14.3 Å². The molecule has 1 aromatic carbocycles. The van der Waals surface area contributed by atoms with Crippen molar-refractivity contribution in [3.63, 3.8) is 0 Å². The highest BCUT2D eigenvalue weighted by atomic mass is 32.1. The third-order valence-corrected chi connectivity index (χ3v) is 3.37. The van der Waals surface area contributed by atoms with E-state index in [-0.39, 0.29) is 5.56 Å². The molecule has 19 heavy (non-hydrogen) atoms. The predicted molar refractivity (Wildman–Crippen MR) is 70.0 cm³/mol. The number of carboxylic acids is 1. The lowest BCUT2D eigenvalue weighted by atomic mass is 10.1. The van der Waals surface area contributed by atoms with Crippen LogP contribution < -0.4 is 0 Å². The smallest absolute Gasteiger partial charge is 0.335 e. The molecule has 0 spiro atoms. The van der Waals surface area contributed by atoms with E-state index in [1.165, 1.54) is 23.5 Å². The number of hydrogen-bond acceptors (Lipinski definition) is 5. The second kappa shape index (κ2) is 4.66. The van der Waals surface area contributed by atoms with E-state index in [9.17, 15) is 4.79 Å². The normalized spacial score (nSPS) is 10.5. The number of rotatable bonds is 3. The van der Waals surface area contributed by atoms with Crippen molar-refractivity contribution in [3.05, 3.63) is 47.3 Å². The van der Waals surface area contributed by atoms with E-state index >= 15 is 0 Å². The van der Waals surface area contributed by atoms with Gasteiger partial charge in [-0.3, -0.25) is 0 Å². The number of thiophene rings is 1. The lowest BCUT2D eigenvalue weighted by Crippen LogP contribution is -1.95. The molecule has 0 atom stereocenters. The van der Waals surface area contributed by atoms with E-state index < -0.39 is 5.97 Å². The number of aromatic carboxylic acids is 1. The Balaban J connectivity index is 1.99. The minimum Gasteiger partial charge on any atom is -0.478 e. The van der Waals surface area contributed by atoms with Crippen LogP contribution in [0.15, 0.2) is 46.2 Å². The first-order chi connectivity index (χ1) is 9.24. The average Bonchev–Trinajstić information content (AvgIpc) is 3.09. The second-order valence-corrected chi connectivity index (χ2v) is 4.72. The quantitative estimate of drug-likeness (QED) is 0.792. The van der Waals surface area contributed by atoms with Gasteiger partial charge in [-0.05, 0) is 29.6 Å². The summed E-state index contributed by atoms with van der Waals surface area (Å²) in [5.41, 5.74) is 0.781. The van der Waals surface area contributed by atoms with Crippen LogP contribution >= 0.6 is 11.3 Å². The maximum atomic E-state index is 10.9. The van der Waals surface area contributed by atoms with Crippen LogP contribution in [-0.2, 0) is 0 Å². The van der Waals surface area contributed by atoms with Gasteiger partial charge >= 0.3 is 5.97 Å². The number of nitrogens with zero attached hydrogens (tertiary/aromatic N) is 2. The third-order valence-electron chi connectivity index (χ3n) is 2.51. The Morgan fingerprint density at radius 3 is 2.74 bits per heavy atom. The van der Waals surface area contributed by atoms with Crippen LogP contribution in [0.4, 0.5) is 0 Å². The summed E-state index contributed by atoms with van der Waals surface area (Å²) in [5.74, 6) is -0.239. The zero-order valence-electron chi connectivity index (χ0n) is 9.61. The molecule has 0 radical (unpaired) electrons. The first kappa shape index (κ1) is 11.6. The number of carbonyl (C=O) groups is 1. The third kappa shape index (κ3) is 2.25. The molecule has 6 heteroatoms. The fourth-order valence-corrected chi connectivity index (χ4v) is 2.27. The van der Waals surface area contributed by atoms with E-state index in [1.807, 2.05) is 17.5 Å². The molecule has 2 heterocycles. The SMILES string of the molecule is O=C(O)c1cccc(-c2nnc(-c3cccs3)o2)c1. The van der Waals surface area contributed by atoms with Gasteiger partial charge in [0.25, 0.3) is 5.89 Å². The molecule has 0 aliphatic rings. The number of benzene rings is 1. The maximum absolute atomic E-state index is 10.9. The summed E-state index contributed by atoms with van der Waals surface area (Å²) in [6, 6.07) is 10.2. The van der Waals surface area contributed by atoms with Crippen LogP contribution in [0.2, 0.25) is 0 Å². The molecule has 1 N–H and O–H groups in total. The molecular weight excluding hydrogens is 264 g/mol. The van der Waals surface area contributed by atoms with Crippen molar-refractivity contribution >= 4 is 17.3 Å². The summed E-state index contributed by atoms with van der Waals surface area (Å²) in [6.45, 7) is 0. The Hall–Kier alpha value is -2.47. The molecule has 5 nitrogen and oxygen atoms in total. The van der Waals surface area contributed by atoms with Gasteiger partial charge in [-0.2, -0.15) is 0 Å². The lowest BCUT2D eigenvalue weighted by Gasteiger charge is -1.97. The minimum absolute atomic E-state index is 0.188. The van der Waals surface area contributed by atoms with Crippen molar-refractivity contribution in [2.75, 3.05) is 0 Å². The highest BCUT2D eigenvalue weighted by molar-refractivity contribution is 7.13. The Labute approximate surface area is 112 Å². The van der Waals surface area contributed by atoms with Crippen molar-refractivity contribution in [1.29, 1.82) is 0 Å². The summed E-state index contributed by atoms with van der Waals surface area (Å²) in [7, 11) is 0. The summed E-state index contributed by atoms with van der Waals surface area (Å²) in [5, 5.41) is 18.8. The number of aromatic nitrogens is 2. The summed E-state index contributed by atoms with van der Waals surface area (Å²) in [6.07, 6.45) is 0. The molecule has 0 unspecified atom stereocenters. The average molecular weight is 272 g/mol. The van der Waals surface area contributed by atoms with Crippen LogP contribution in [0.3, 0.4) is 0 Å². The Bertz CT molecular complexity index is 719. The van der Waals surface area contributed by atoms with Crippen LogP contribution in [0, 0.1) is 0 Å². The van der Waals surface area contributed by atoms with E-state index in [1.54, 1.807) is 12.1 Å². The predicted octanol–water partition coefficient (Wildman–Crippen LogP) is 3.16. The van der Waals surface area contributed by atoms with Gasteiger partial charge in [0, 0.05) is 5.56 Å². The topological polar surface area (TPSA) is 76.2 Å². The van der Waals surface area contributed by atoms with E-state index in [0.29, 0.717) is 17.3 Å². The van der Waals surface area contributed by atoms with E-state index in [0.717, 1.165) is 4.88 Å². The zero-order valence-corrected chi connectivity index (χ0v) is 10.4. The summed E-state index contributed by atoms with van der Waals surface area (Å²) in [4.78, 5) is 11.8. The molecule has 0 aliphatic heterocycles. The number of hydrogen-bond donors (Lipinski definition) is 1. The Kier molecular flexibility index (Phi) is 2.85. The molecule has 0 amide bonds. The summed E-state index contributed by atoms with van der Waals surface area (Å²) >= 11 is 1.50. The van der Waals surface area contributed by atoms with Crippen LogP contribution in [0.25, 0.3) is 22.2 Å². The van der Waals surface area contributed by atoms with Gasteiger partial charge in [0.15, 0.2) is 0 Å². The molecule has 0 saturated carbocycles. The Morgan fingerprint density at radius 2 is 2.00 bits per heavy atom. The molecule has 0 aliphatic carbocycles. The Morgan fingerprint density at radius 1 is 1.16 bits per heavy atom. The largest absolute Gasteiger partial charge is 0.478 e. The van der Waals surface area contributed by atoms with Crippen LogP contribution in [0.1, 0.15) is 10.4 Å². The van der Waals surface area contributed by atoms with Crippen molar-refractivity contribution in [1.82, 2.24) is 10.2 Å². The molecule has 0 bridgehead atoms. The molecule has 3 rings (SSSR count). The minimum atomic E-state index is -0.986. The van der Waals surface area contributed by atoms with Gasteiger partial charge in [-0.15, -0.1) is 21.5 Å². The molecular formula is C13H8N2O3S. The number of carboxylic acid groups (broad SMARTS) is 1. The first-order valence-corrected chi connectivity index (χ1v) is 6.33. The molecule has 94 valence electrons.